The summed E-state index contributed by atoms with van der Waals surface area (Å²) in [6.07, 6.45) is 2.27. The Hall–Kier alpha value is -1.73. The number of nitrogens with zero attached hydrogens (tertiary/aromatic N) is 1. The largest absolute Gasteiger partial charge is 0.396 e. The number of hydrogen-bond acceptors (Lipinski definition) is 4. The maximum Gasteiger partial charge on any atom is 0.252 e. The molecule has 1 fully saturated rings. The number of piperidine rings is 1. The molecule has 1 atom stereocenters. The Balaban J connectivity index is 1.62. The highest BCUT2D eigenvalue weighted by atomic mass is 32.2. The van der Waals surface area contributed by atoms with Gasteiger partial charge in [-0.3, -0.25) is 0 Å². The number of sulfonamides is 1. The molecule has 142 valence electrons. The van der Waals surface area contributed by atoms with Gasteiger partial charge >= 0.3 is 0 Å². The van der Waals surface area contributed by atoms with E-state index in [2.05, 4.69) is 0 Å². The number of fused-ring (bicyclic) bond motifs is 1. The van der Waals surface area contributed by atoms with Gasteiger partial charge < -0.3 is 5.11 Å². The third-order valence-corrected chi connectivity index (χ3v) is 8.79. The molecule has 1 aliphatic heterocycles. The molecule has 1 saturated heterocycles. The second kappa shape index (κ2) is 7.36. The van der Waals surface area contributed by atoms with Crippen molar-refractivity contribution in [3.05, 3.63) is 66.2 Å². The topological polar surface area (TPSA) is 57.6 Å². The Morgan fingerprint density at radius 1 is 1.07 bits per heavy atom. The highest BCUT2D eigenvalue weighted by Gasteiger charge is 2.40. The summed E-state index contributed by atoms with van der Waals surface area (Å²) in [5.41, 5.74) is 0.705. The van der Waals surface area contributed by atoms with Crippen LogP contribution in [0.15, 0.2) is 64.9 Å². The van der Waals surface area contributed by atoms with Crippen molar-refractivity contribution in [3.8, 4) is 0 Å². The van der Waals surface area contributed by atoms with E-state index in [0.29, 0.717) is 23.7 Å². The van der Waals surface area contributed by atoms with Gasteiger partial charge in [0.05, 0.1) is 6.61 Å². The van der Waals surface area contributed by atoms with Gasteiger partial charge in [0.2, 0.25) is 0 Å². The van der Waals surface area contributed by atoms with Crippen molar-refractivity contribution < 1.29 is 13.5 Å². The third kappa shape index (κ3) is 3.67. The Bertz CT molecular complexity index is 997. The van der Waals surface area contributed by atoms with E-state index in [1.807, 2.05) is 54.6 Å². The van der Waals surface area contributed by atoms with Crippen molar-refractivity contribution in [2.45, 2.75) is 23.5 Å². The monoisotopic (exact) mass is 401 g/mol. The first-order valence-corrected chi connectivity index (χ1v) is 11.4. The van der Waals surface area contributed by atoms with Gasteiger partial charge in [0.15, 0.2) is 0 Å². The Kier molecular flexibility index (Phi) is 5.07. The zero-order chi connectivity index (χ0) is 18.9. The van der Waals surface area contributed by atoms with Crippen LogP contribution in [-0.2, 0) is 16.4 Å². The van der Waals surface area contributed by atoms with E-state index in [-0.39, 0.29) is 6.61 Å². The number of rotatable bonds is 5. The van der Waals surface area contributed by atoms with E-state index in [0.717, 1.165) is 28.5 Å². The molecule has 1 unspecified atom stereocenters. The minimum Gasteiger partial charge on any atom is -0.396 e. The summed E-state index contributed by atoms with van der Waals surface area (Å²) in [6.45, 7) is 0.850. The van der Waals surface area contributed by atoms with Gasteiger partial charge in [-0.05, 0) is 42.3 Å². The molecule has 0 spiro atoms. The predicted octanol–water partition coefficient (Wildman–Crippen LogP) is 3.91. The lowest BCUT2D eigenvalue weighted by Gasteiger charge is -2.41. The van der Waals surface area contributed by atoms with Crippen molar-refractivity contribution in [2.24, 2.45) is 5.41 Å². The lowest BCUT2D eigenvalue weighted by molar-refractivity contribution is 0.0646. The molecule has 0 bridgehead atoms. The van der Waals surface area contributed by atoms with Crippen LogP contribution in [0.3, 0.4) is 0 Å². The van der Waals surface area contributed by atoms with Gasteiger partial charge in [0.25, 0.3) is 10.0 Å². The highest BCUT2D eigenvalue weighted by Crippen LogP contribution is 2.38. The SMILES string of the molecule is O=S(=O)(c1cc2ccccc2s1)N1CCCC(CO)(Cc2ccccc2)C1. The van der Waals surface area contributed by atoms with Crippen molar-refractivity contribution in [1.29, 1.82) is 0 Å². The van der Waals surface area contributed by atoms with Crippen LogP contribution < -0.4 is 0 Å². The van der Waals surface area contributed by atoms with E-state index in [4.69, 9.17) is 0 Å². The number of benzene rings is 2. The van der Waals surface area contributed by atoms with Gasteiger partial charge in [0.1, 0.15) is 4.21 Å². The van der Waals surface area contributed by atoms with Gasteiger partial charge in [-0.2, -0.15) is 4.31 Å². The first kappa shape index (κ1) is 18.6. The van der Waals surface area contributed by atoms with Crippen LogP contribution in [0.4, 0.5) is 0 Å². The van der Waals surface area contributed by atoms with Crippen LogP contribution in [0.5, 0.6) is 0 Å². The average Bonchev–Trinajstić information content (AvgIpc) is 3.14. The van der Waals surface area contributed by atoms with Crippen LogP contribution in [0.25, 0.3) is 10.1 Å². The Morgan fingerprint density at radius 3 is 2.56 bits per heavy atom. The molecule has 0 radical (unpaired) electrons. The summed E-state index contributed by atoms with van der Waals surface area (Å²) in [4.78, 5) is 0. The molecule has 0 aliphatic carbocycles. The van der Waals surface area contributed by atoms with Crippen LogP contribution in [0.1, 0.15) is 18.4 Å². The Labute approximate surface area is 164 Å². The molecule has 3 aromatic rings. The number of hydrogen-bond donors (Lipinski definition) is 1. The lowest BCUT2D eigenvalue weighted by Crippen LogP contribution is -2.48. The van der Waals surface area contributed by atoms with Crippen molar-refractivity contribution in [2.75, 3.05) is 19.7 Å². The summed E-state index contributed by atoms with van der Waals surface area (Å²) < 4.78 is 29.5. The molecular weight excluding hydrogens is 378 g/mol. The third-order valence-electron chi connectivity index (χ3n) is 5.38. The molecule has 2 heterocycles. The number of aliphatic hydroxyl groups is 1. The fraction of sp³-hybridized carbons (Fsp3) is 0.333. The molecule has 1 N–H and O–H groups in total. The zero-order valence-electron chi connectivity index (χ0n) is 15.0. The van der Waals surface area contributed by atoms with E-state index in [1.54, 1.807) is 10.4 Å². The normalized spacial score (nSPS) is 21.5. The van der Waals surface area contributed by atoms with Crippen LogP contribution in [0, 0.1) is 5.41 Å². The van der Waals surface area contributed by atoms with Gasteiger partial charge in [-0.15, -0.1) is 11.3 Å². The van der Waals surface area contributed by atoms with Gasteiger partial charge in [-0.25, -0.2) is 8.42 Å². The molecule has 6 heteroatoms. The van der Waals surface area contributed by atoms with Crippen LogP contribution >= 0.6 is 11.3 Å². The molecule has 2 aromatic carbocycles. The molecule has 1 aromatic heterocycles. The first-order valence-electron chi connectivity index (χ1n) is 9.16. The second-order valence-corrected chi connectivity index (χ2v) is 10.6. The lowest BCUT2D eigenvalue weighted by atomic mass is 9.76. The molecule has 0 saturated carbocycles. The minimum atomic E-state index is -3.56. The molecule has 0 amide bonds. The summed E-state index contributed by atoms with van der Waals surface area (Å²) in [6, 6.07) is 19.5. The number of aliphatic hydroxyl groups excluding tert-OH is 1. The van der Waals surface area contributed by atoms with E-state index in [1.165, 1.54) is 11.3 Å². The van der Waals surface area contributed by atoms with E-state index < -0.39 is 15.4 Å². The van der Waals surface area contributed by atoms with Gasteiger partial charge in [-0.1, -0.05) is 48.5 Å². The quantitative estimate of drug-likeness (QED) is 0.705. The Morgan fingerprint density at radius 2 is 1.81 bits per heavy atom. The number of thiophene rings is 1. The minimum absolute atomic E-state index is 0.0136. The van der Waals surface area contributed by atoms with Crippen LogP contribution in [0.2, 0.25) is 0 Å². The maximum absolute atomic E-state index is 13.3. The second-order valence-electron chi connectivity index (χ2n) is 7.37. The van der Waals surface area contributed by atoms with Gasteiger partial charge in [0, 0.05) is 23.2 Å². The molecule has 4 rings (SSSR count). The maximum atomic E-state index is 13.3. The van der Waals surface area contributed by atoms with Crippen molar-refractivity contribution in [3.63, 3.8) is 0 Å². The van der Waals surface area contributed by atoms with Crippen LogP contribution in [-0.4, -0.2) is 37.5 Å². The molecule has 1 aliphatic rings. The average molecular weight is 402 g/mol. The van der Waals surface area contributed by atoms with E-state index in [9.17, 15) is 13.5 Å². The fourth-order valence-electron chi connectivity index (χ4n) is 3.94. The standard InChI is InChI=1S/C21H23NO3S2/c23-16-21(14-17-7-2-1-3-8-17)11-6-12-22(15-21)27(24,25)20-13-18-9-4-5-10-19(18)26-20/h1-5,7-10,13,23H,6,11-12,14-16H2. The summed E-state index contributed by atoms with van der Waals surface area (Å²) in [5, 5.41) is 11.1. The predicted molar refractivity (Wildman–Crippen MR) is 109 cm³/mol. The smallest absolute Gasteiger partial charge is 0.252 e. The summed E-state index contributed by atoms with van der Waals surface area (Å²) in [5.74, 6) is 0. The molecule has 27 heavy (non-hydrogen) atoms. The summed E-state index contributed by atoms with van der Waals surface area (Å²) >= 11 is 1.32. The van der Waals surface area contributed by atoms with E-state index >= 15 is 0 Å². The van der Waals surface area contributed by atoms with Crippen molar-refractivity contribution >= 4 is 31.4 Å². The molecule has 4 nitrogen and oxygen atoms in total. The first-order chi connectivity index (χ1) is 13.0. The molecular formula is C21H23NO3S2. The summed E-state index contributed by atoms with van der Waals surface area (Å²) in [7, 11) is -3.56. The highest BCUT2D eigenvalue weighted by molar-refractivity contribution is 7.91. The fourth-order valence-corrected chi connectivity index (χ4v) is 7.08. The van der Waals surface area contributed by atoms with Crippen molar-refractivity contribution in [1.82, 2.24) is 4.31 Å². The zero-order valence-corrected chi connectivity index (χ0v) is 16.7.